The second-order valence-corrected chi connectivity index (χ2v) is 6.51. The molecule has 1 aromatic carbocycles. The van der Waals surface area contributed by atoms with Crippen molar-refractivity contribution >= 4 is 29.9 Å². The number of furan rings is 1. The quantitative estimate of drug-likeness (QED) is 0.386. The zero-order chi connectivity index (χ0) is 17.5. The average molecular weight is 468 g/mol. The van der Waals surface area contributed by atoms with Crippen molar-refractivity contribution in [2.45, 2.75) is 32.4 Å². The zero-order valence-electron chi connectivity index (χ0n) is 15.6. The summed E-state index contributed by atoms with van der Waals surface area (Å²) in [7, 11) is 1.81. The molecule has 1 aromatic heterocycles. The van der Waals surface area contributed by atoms with E-state index in [0.717, 1.165) is 37.9 Å². The number of hydrogen-bond acceptors (Lipinski definition) is 3. The minimum atomic E-state index is 0. The van der Waals surface area contributed by atoms with Crippen LogP contribution in [0.5, 0.6) is 0 Å². The molecule has 1 fully saturated rings. The standard InChI is InChI=1S/C20H28N4O.HI/c1-16-8-3-4-9-17(16)14-22-20(21-2)23-15-18(19-10-7-13-25-19)24-11-5-6-12-24;/h3-4,7-10,13,18H,5-6,11-12,14-15H2,1-2H3,(H2,21,22,23);1H. The number of nitrogens with zero attached hydrogens (tertiary/aromatic N) is 2. The molecule has 1 unspecified atom stereocenters. The van der Waals surface area contributed by atoms with E-state index in [2.05, 4.69) is 57.8 Å². The van der Waals surface area contributed by atoms with Crippen LogP contribution in [0, 0.1) is 6.92 Å². The molecule has 2 aromatic rings. The summed E-state index contributed by atoms with van der Waals surface area (Å²) in [5.74, 6) is 1.84. The summed E-state index contributed by atoms with van der Waals surface area (Å²) in [6, 6.07) is 12.7. The number of rotatable bonds is 6. The molecule has 1 atom stereocenters. The molecular formula is C20H29IN4O. The third kappa shape index (κ3) is 5.48. The Labute approximate surface area is 173 Å². The van der Waals surface area contributed by atoms with Crippen LogP contribution in [0.15, 0.2) is 52.1 Å². The second kappa shape index (κ2) is 10.6. The van der Waals surface area contributed by atoms with Crippen molar-refractivity contribution in [1.29, 1.82) is 0 Å². The van der Waals surface area contributed by atoms with Gasteiger partial charge in [0.2, 0.25) is 0 Å². The lowest BCUT2D eigenvalue weighted by atomic mass is 10.1. The van der Waals surface area contributed by atoms with Crippen LogP contribution >= 0.6 is 24.0 Å². The van der Waals surface area contributed by atoms with E-state index in [4.69, 9.17) is 4.42 Å². The van der Waals surface area contributed by atoms with E-state index >= 15 is 0 Å². The van der Waals surface area contributed by atoms with Gasteiger partial charge in [-0.1, -0.05) is 24.3 Å². The first-order chi connectivity index (χ1) is 12.3. The molecule has 3 rings (SSSR count). The van der Waals surface area contributed by atoms with Crippen molar-refractivity contribution in [3.05, 3.63) is 59.5 Å². The lowest BCUT2D eigenvalue weighted by molar-refractivity contribution is 0.215. The molecule has 2 heterocycles. The minimum absolute atomic E-state index is 0. The molecular weight excluding hydrogens is 439 g/mol. The highest BCUT2D eigenvalue weighted by Gasteiger charge is 2.25. The highest BCUT2D eigenvalue weighted by molar-refractivity contribution is 14.0. The van der Waals surface area contributed by atoms with Gasteiger partial charge in [-0.25, -0.2) is 0 Å². The predicted molar refractivity (Wildman–Crippen MR) is 117 cm³/mol. The molecule has 26 heavy (non-hydrogen) atoms. The maximum atomic E-state index is 5.68. The predicted octanol–water partition coefficient (Wildman–Crippen LogP) is 3.71. The number of halogens is 1. The van der Waals surface area contributed by atoms with E-state index in [1.165, 1.54) is 24.0 Å². The average Bonchev–Trinajstić information content (AvgIpc) is 3.33. The van der Waals surface area contributed by atoms with Crippen LogP contribution in [-0.4, -0.2) is 37.5 Å². The first-order valence-electron chi connectivity index (χ1n) is 9.04. The molecule has 1 aliphatic rings. The van der Waals surface area contributed by atoms with E-state index in [1.807, 2.05) is 13.1 Å². The number of benzene rings is 1. The highest BCUT2D eigenvalue weighted by atomic mass is 127. The van der Waals surface area contributed by atoms with Gasteiger partial charge in [0.1, 0.15) is 5.76 Å². The molecule has 5 nitrogen and oxygen atoms in total. The van der Waals surface area contributed by atoms with Crippen LogP contribution in [0.2, 0.25) is 0 Å². The van der Waals surface area contributed by atoms with Gasteiger partial charge >= 0.3 is 0 Å². The summed E-state index contributed by atoms with van der Waals surface area (Å²) >= 11 is 0. The first kappa shape index (κ1) is 20.8. The number of likely N-dealkylation sites (tertiary alicyclic amines) is 1. The number of aryl methyl sites for hydroxylation is 1. The number of aliphatic imine (C=N–C) groups is 1. The minimum Gasteiger partial charge on any atom is -0.468 e. The summed E-state index contributed by atoms with van der Waals surface area (Å²) in [5, 5.41) is 6.87. The van der Waals surface area contributed by atoms with Gasteiger partial charge in [-0.3, -0.25) is 9.89 Å². The molecule has 0 bridgehead atoms. The number of hydrogen-bond donors (Lipinski definition) is 2. The third-order valence-electron chi connectivity index (χ3n) is 4.85. The van der Waals surface area contributed by atoms with Crippen LogP contribution in [-0.2, 0) is 6.54 Å². The molecule has 0 saturated carbocycles. The van der Waals surface area contributed by atoms with Gasteiger partial charge in [0, 0.05) is 20.1 Å². The molecule has 2 N–H and O–H groups in total. The van der Waals surface area contributed by atoms with Crippen molar-refractivity contribution in [2.75, 3.05) is 26.7 Å². The van der Waals surface area contributed by atoms with E-state index in [9.17, 15) is 0 Å². The summed E-state index contributed by atoms with van der Waals surface area (Å²) in [6.45, 7) is 5.93. The SMILES string of the molecule is CN=C(NCc1ccccc1C)NCC(c1ccco1)N1CCCC1.I. The molecule has 0 amide bonds. The largest absolute Gasteiger partial charge is 0.468 e. The van der Waals surface area contributed by atoms with Gasteiger partial charge in [-0.05, 0) is 56.1 Å². The Hall–Kier alpha value is -1.54. The van der Waals surface area contributed by atoms with Gasteiger partial charge in [-0.15, -0.1) is 24.0 Å². The summed E-state index contributed by atoms with van der Waals surface area (Å²) in [6.07, 6.45) is 4.28. The lowest BCUT2D eigenvalue weighted by Crippen LogP contribution is -2.42. The van der Waals surface area contributed by atoms with Gasteiger partial charge in [0.15, 0.2) is 5.96 Å². The first-order valence-corrected chi connectivity index (χ1v) is 9.04. The fourth-order valence-corrected chi connectivity index (χ4v) is 3.35. The van der Waals surface area contributed by atoms with Gasteiger partial charge in [0.05, 0.1) is 12.3 Å². The molecule has 1 aliphatic heterocycles. The molecule has 142 valence electrons. The topological polar surface area (TPSA) is 52.8 Å². The van der Waals surface area contributed by atoms with Crippen molar-refractivity contribution < 1.29 is 4.42 Å². The Morgan fingerprint density at radius 1 is 1.15 bits per heavy atom. The molecule has 0 aliphatic carbocycles. The second-order valence-electron chi connectivity index (χ2n) is 6.51. The summed E-state index contributed by atoms with van der Waals surface area (Å²) in [4.78, 5) is 6.84. The Bertz CT molecular complexity index is 681. The fraction of sp³-hybridized carbons (Fsp3) is 0.450. The maximum Gasteiger partial charge on any atom is 0.191 e. The third-order valence-corrected chi connectivity index (χ3v) is 4.85. The molecule has 0 radical (unpaired) electrons. The van der Waals surface area contributed by atoms with E-state index < -0.39 is 0 Å². The van der Waals surface area contributed by atoms with Crippen LogP contribution in [0.3, 0.4) is 0 Å². The van der Waals surface area contributed by atoms with Crippen LogP contribution < -0.4 is 10.6 Å². The van der Waals surface area contributed by atoms with Crippen LogP contribution in [0.25, 0.3) is 0 Å². The monoisotopic (exact) mass is 468 g/mol. The van der Waals surface area contributed by atoms with Crippen molar-refractivity contribution in [3.8, 4) is 0 Å². The smallest absolute Gasteiger partial charge is 0.191 e. The van der Waals surface area contributed by atoms with Gasteiger partial charge in [0.25, 0.3) is 0 Å². The Morgan fingerprint density at radius 3 is 2.58 bits per heavy atom. The molecule has 0 spiro atoms. The van der Waals surface area contributed by atoms with E-state index in [0.29, 0.717) is 0 Å². The summed E-state index contributed by atoms with van der Waals surface area (Å²) in [5.41, 5.74) is 2.57. The zero-order valence-corrected chi connectivity index (χ0v) is 17.9. The Kier molecular flexibility index (Phi) is 8.44. The van der Waals surface area contributed by atoms with Crippen molar-refractivity contribution in [1.82, 2.24) is 15.5 Å². The van der Waals surface area contributed by atoms with Crippen molar-refractivity contribution in [2.24, 2.45) is 4.99 Å². The Morgan fingerprint density at radius 2 is 1.92 bits per heavy atom. The Balaban J connectivity index is 0.00000243. The highest BCUT2D eigenvalue weighted by Crippen LogP contribution is 2.24. The number of guanidine groups is 1. The van der Waals surface area contributed by atoms with E-state index in [1.54, 1.807) is 6.26 Å². The van der Waals surface area contributed by atoms with Gasteiger partial charge < -0.3 is 15.1 Å². The fourth-order valence-electron chi connectivity index (χ4n) is 3.35. The molecule has 1 saturated heterocycles. The van der Waals surface area contributed by atoms with E-state index in [-0.39, 0.29) is 30.0 Å². The summed E-state index contributed by atoms with van der Waals surface area (Å²) < 4.78 is 5.68. The maximum absolute atomic E-state index is 5.68. The van der Waals surface area contributed by atoms with Gasteiger partial charge in [-0.2, -0.15) is 0 Å². The van der Waals surface area contributed by atoms with Crippen LogP contribution in [0.4, 0.5) is 0 Å². The van der Waals surface area contributed by atoms with Crippen molar-refractivity contribution in [3.63, 3.8) is 0 Å². The lowest BCUT2D eigenvalue weighted by Gasteiger charge is -2.26. The number of nitrogens with one attached hydrogen (secondary N) is 2. The molecule has 6 heteroatoms. The van der Waals surface area contributed by atoms with Crippen LogP contribution in [0.1, 0.15) is 35.8 Å². The normalized spacial score (nSPS) is 16.2.